The van der Waals surface area contributed by atoms with Gasteiger partial charge in [0.25, 0.3) is 5.91 Å². The van der Waals surface area contributed by atoms with E-state index in [9.17, 15) is 14.4 Å². The van der Waals surface area contributed by atoms with Gasteiger partial charge < -0.3 is 20.1 Å². The van der Waals surface area contributed by atoms with Gasteiger partial charge in [-0.3, -0.25) is 9.59 Å². The van der Waals surface area contributed by atoms with E-state index in [2.05, 4.69) is 10.6 Å². The summed E-state index contributed by atoms with van der Waals surface area (Å²) in [6.45, 7) is 3.87. The highest BCUT2D eigenvalue weighted by Gasteiger charge is 2.25. The van der Waals surface area contributed by atoms with Crippen molar-refractivity contribution in [3.05, 3.63) is 90.0 Å². The molecule has 2 amide bonds. The third-order valence-corrected chi connectivity index (χ3v) is 4.95. The van der Waals surface area contributed by atoms with E-state index in [1.54, 1.807) is 72.8 Å². The van der Waals surface area contributed by atoms with E-state index in [-0.39, 0.29) is 17.7 Å². The van der Waals surface area contributed by atoms with Crippen molar-refractivity contribution >= 4 is 23.5 Å². The molecule has 0 spiro atoms. The second kappa shape index (κ2) is 11.7. The van der Waals surface area contributed by atoms with Crippen LogP contribution in [0.15, 0.2) is 78.9 Å². The van der Waals surface area contributed by atoms with Crippen molar-refractivity contribution in [3.8, 4) is 11.5 Å². The number of rotatable bonds is 9. The number of carbonyl (C=O) groups is 3. The molecule has 3 rings (SSSR count). The van der Waals surface area contributed by atoms with Crippen LogP contribution in [0, 0.1) is 5.92 Å². The first-order valence-electron chi connectivity index (χ1n) is 11.0. The van der Waals surface area contributed by atoms with E-state index in [4.69, 9.17) is 9.47 Å². The Kier molecular flexibility index (Phi) is 8.40. The predicted molar refractivity (Wildman–Crippen MR) is 130 cm³/mol. The number of hydrogen-bond acceptors (Lipinski definition) is 5. The third kappa shape index (κ3) is 6.68. The zero-order chi connectivity index (χ0) is 24.5. The fourth-order valence-corrected chi connectivity index (χ4v) is 3.33. The summed E-state index contributed by atoms with van der Waals surface area (Å²) in [7, 11) is 1.50. The minimum absolute atomic E-state index is 0.158. The average Bonchev–Trinajstić information content (AvgIpc) is 2.83. The molecule has 0 aromatic heterocycles. The Morgan fingerprint density at radius 1 is 0.853 bits per heavy atom. The second-order valence-electron chi connectivity index (χ2n) is 8.11. The van der Waals surface area contributed by atoms with Gasteiger partial charge in [-0.05, 0) is 47.9 Å². The molecule has 0 radical (unpaired) electrons. The smallest absolute Gasteiger partial charge is 0.338 e. The van der Waals surface area contributed by atoms with Crippen LogP contribution in [0.1, 0.15) is 42.2 Å². The van der Waals surface area contributed by atoms with Gasteiger partial charge in [0.05, 0.1) is 12.7 Å². The van der Waals surface area contributed by atoms with E-state index in [0.717, 1.165) is 0 Å². The molecule has 0 heterocycles. The van der Waals surface area contributed by atoms with Crippen molar-refractivity contribution in [2.24, 2.45) is 5.92 Å². The summed E-state index contributed by atoms with van der Waals surface area (Å²) in [6.07, 6.45) is 0.303. The van der Waals surface area contributed by atoms with Crippen molar-refractivity contribution in [1.29, 1.82) is 0 Å². The number of para-hydroxylation sites is 1. The fourth-order valence-electron chi connectivity index (χ4n) is 3.33. The first-order valence-corrected chi connectivity index (χ1v) is 11.0. The van der Waals surface area contributed by atoms with E-state index >= 15 is 0 Å². The van der Waals surface area contributed by atoms with Crippen LogP contribution in [0.2, 0.25) is 0 Å². The highest BCUT2D eigenvalue weighted by molar-refractivity contribution is 6.06. The van der Waals surface area contributed by atoms with Crippen LogP contribution in [0.3, 0.4) is 0 Å². The molecule has 7 nitrogen and oxygen atoms in total. The molecular formula is C27H28N2O5. The molecule has 0 bridgehead atoms. The predicted octanol–water partition coefficient (Wildman–Crippen LogP) is 4.76. The van der Waals surface area contributed by atoms with E-state index < -0.39 is 12.0 Å². The average molecular weight is 461 g/mol. The molecular weight excluding hydrogens is 432 g/mol. The zero-order valence-corrected chi connectivity index (χ0v) is 19.4. The Morgan fingerprint density at radius 3 is 2.15 bits per heavy atom. The molecule has 7 heteroatoms. The maximum atomic E-state index is 12.9. The summed E-state index contributed by atoms with van der Waals surface area (Å²) in [5.74, 6) is -0.231. The fraction of sp³-hybridized carbons (Fsp3) is 0.222. The lowest BCUT2D eigenvalue weighted by Crippen LogP contribution is -2.36. The van der Waals surface area contributed by atoms with Crippen LogP contribution in [0.25, 0.3) is 0 Å². The second-order valence-corrected chi connectivity index (χ2v) is 8.11. The highest BCUT2D eigenvalue weighted by atomic mass is 16.5. The van der Waals surface area contributed by atoms with Crippen LogP contribution >= 0.6 is 0 Å². The molecule has 2 N–H and O–H groups in total. The van der Waals surface area contributed by atoms with Crippen molar-refractivity contribution in [2.75, 3.05) is 12.4 Å². The molecule has 0 saturated heterocycles. The molecule has 34 heavy (non-hydrogen) atoms. The SMILES string of the molecule is COc1ccccc1C(=O)Nc1ccc(OC(=O)C(NC(=O)CC(C)C)c2ccccc2)cc1. The third-order valence-electron chi connectivity index (χ3n) is 4.95. The lowest BCUT2D eigenvalue weighted by Gasteiger charge is -2.19. The number of benzene rings is 3. The van der Waals surface area contributed by atoms with Crippen molar-refractivity contribution < 1.29 is 23.9 Å². The monoisotopic (exact) mass is 460 g/mol. The van der Waals surface area contributed by atoms with Crippen LogP contribution in [-0.4, -0.2) is 24.9 Å². The maximum absolute atomic E-state index is 12.9. The van der Waals surface area contributed by atoms with Gasteiger partial charge in [-0.25, -0.2) is 4.79 Å². The lowest BCUT2D eigenvalue weighted by atomic mass is 10.1. The number of ether oxygens (including phenoxy) is 2. The number of amides is 2. The zero-order valence-electron chi connectivity index (χ0n) is 19.4. The number of hydrogen-bond donors (Lipinski definition) is 2. The molecule has 1 unspecified atom stereocenters. The molecule has 3 aromatic carbocycles. The Morgan fingerprint density at radius 2 is 1.50 bits per heavy atom. The topological polar surface area (TPSA) is 93.7 Å². The van der Waals surface area contributed by atoms with Crippen LogP contribution in [0.4, 0.5) is 5.69 Å². The summed E-state index contributed by atoms with van der Waals surface area (Å²) < 4.78 is 10.8. The highest BCUT2D eigenvalue weighted by Crippen LogP contribution is 2.22. The minimum atomic E-state index is -0.933. The van der Waals surface area contributed by atoms with Crippen molar-refractivity contribution in [3.63, 3.8) is 0 Å². The lowest BCUT2D eigenvalue weighted by molar-refractivity contribution is -0.139. The normalized spacial score (nSPS) is 11.4. The van der Waals surface area contributed by atoms with Gasteiger partial charge in [-0.15, -0.1) is 0 Å². The summed E-state index contributed by atoms with van der Waals surface area (Å²) in [6, 6.07) is 21.3. The van der Waals surface area contributed by atoms with Gasteiger partial charge in [0.15, 0.2) is 6.04 Å². The Balaban J connectivity index is 1.69. The molecule has 1 atom stereocenters. The van der Waals surface area contributed by atoms with E-state index in [0.29, 0.717) is 34.7 Å². The van der Waals surface area contributed by atoms with E-state index in [1.165, 1.54) is 7.11 Å². The molecule has 0 aliphatic rings. The number of carbonyl (C=O) groups excluding carboxylic acids is 3. The Labute approximate surface area is 199 Å². The van der Waals surface area contributed by atoms with Crippen LogP contribution in [0.5, 0.6) is 11.5 Å². The maximum Gasteiger partial charge on any atom is 0.338 e. The summed E-state index contributed by atoms with van der Waals surface area (Å²) in [4.78, 5) is 37.8. The first kappa shape index (κ1) is 24.5. The molecule has 0 fully saturated rings. The molecule has 0 aliphatic carbocycles. The molecule has 3 aromatic rings. The number of anilines is 1. The van der Waals surface area contributed by atoms with Gasteiger partial charge in [-0.1, -0.05) is 56.3 Å². The molecule has 0 saturated carbocycles. The molecule has 176 valence electrons. The van der Waals surface area contributed by atoms with Crippen molar-refractivity contribution in [2.45, 2.75) is 26.3 Å². The van der Waals surface area contributed by atoms with Crippen LogP contribution < -0.4 is 20.1 Å². The van der Waals surface area contributed by atoms with Gasteiger partial charge in [0.1, 0.15) is 11.5 Å². The Bertz CT molecular complexity index is 1130. The van der Waals surface area contributed by atoms with Gasteiger partial charge in [-0.2, -0.15) is 0 Å². The number of esters is 1. The van der Waals surface area contributed by atoms with Gasteiger partial charge in [0.2, 0.25) is 5.91 Å². The standard InChI is InChI=1S/C27H28N2O5/c1-18(2)17-24(30)29-25(19-9-5-4-6-10-19)27(32)34-21-15-13-20(14-16-21)28-26(31)22-11-7-8-12-23(22)33-3/h4-16,18,25H,17H2,1-3H3,(H,28,31)(H,29,30). The van der Waals surface area contributed by atoms with Crippen molar-refractivity contribution in [1.82, 2.24) is 5.32 Å². The van der Waals surface area contributed by atoms with E-state index in [1.807, 2.05) is 19.9 Å². The largest absolute Gasteiger partial charge is 0.496 e. The molecule has 0 aliphatic heterocycles. The van der Waals surface area contributed by atoms with Gasteiger partial charge in [0, 0.05) is 12.1 Å². The Hall–Kier alpha value is -4.13. The minimum Gasteiger partial charge on any atom is -0.496 e. The van der Waals surface area contributed by atoms with Crippen LogP contribution in [-0.2, 0) is 9.59 Å². The summed E-state index contributed by atoms with van der Waals surface area (Å²) in [5.41, 5.74) is 1.56. The summed E-state index contributed by atoms with van der Waals surface area (Å²) >= 11 is 0. The van der Waals surface area contributed by atoms with Gasteiger partial charge >= 0.3 is 5.97 Å². The first-order chi connectivity index (χ1) is 16.4. The number of nitrogens with one attached hydrogen (secondary N) is 2. The number of methoxy groups -OCH3 is 1. The quantitative estimate of drug-likeness (QED) is 0.355. The summed E-state index contributed by atoms with van der Waals surface area (Å²) in [5, 5.41) is 5.56.